The lowest BCUT2D eigenvalue weighted by Gasteiger charge is -2.05. The summed E-state index contributed by atoms with van der Waals surface area (Å²) in [6, 6.07) is 2.73. The van der Waals surface area contributed by atoms with E-state index in [1.54, 1.807) is 0 Å². The standard InChI is InChI=1S/C11H13FO5S/c1-17-5-2-6-18(15,16)8-3-4-10(12)9(7-8)11(13)14/h3-4,7H,2,5-6H2,1H3,(H,13,14). The van der Waals surface area contributed by atoms with Gasteiger partial charge in [-0.05, 0) is 24.6 Å². The number of ether oxygens (including phenoxy) is 1. The molecule has 0 fully saturated rings. The van der Waals surface area contributed by atoms with Crippen LogP contribution in [0.3, 0.4) is 0 Å². The van der Waals surface area contributed by atoms with Crippen molar-refractivity contribution in [3.05, 3.63) is 29.6 Å². The molecule has 0 unspecified atom stereocenters. The molecule has 1 aromatic rings. The molecule has 0 atom stereocenters. The first kappa shape index (κ1) is 14.6. The van der Waals surface area contributed by atoms with Crippen molar-refractivity contribution in [1.82, 2.24) is 0 Å². The van der Waals surface area contributed by atoms with Crippen LogP contribution in [0.5, 0.6) is 0 Å². The summed E-state index contributed by atoms with van der Waals surface area (Å²) in [5.74, 6) is -2.63. The van der Waals surface area contributed by atoms with E-state index in [1.165, 1.54) is 7.11 Å². The lowest BCUT2D eigenvalue weighted by atomic mass is 10.2. The molecule has 0 bridgehead atoms. The molecule has 0 aliphatic rings. The number of sulfone groups is 1. The summed E-state index contributed by atoms with van der Waals surface area (Å²) in [6.45, 7) is 0.284. The molecule has 0 spiro atoms. The maximum Gasteiger partial charge on any atom is 0.338 e. The SMILES string of the molecule is COCCCS(=O)(=O)c1ccc(F)c(C(=O)O)c1. The third-order valence-electron chi connectivity index (χ3n) is 2.29. The number of methoxy groups -OCH3 is 1. The zero-order valence-electron chi connectivity index (χ0n) is 9.72. The molecule has 7 heteroatoms. The Morgan fingerprint density at radius 3 is 2.67 bits per heavy atom. The van der Waals surface area contributed by atoms with E-state index < -0.39 is 27.2 Å². The van der Waals surface area contributed by atoms with Crippen molar-refractivity contribution in [3.8, 4) is 0 Å². The maximum atomic E-state index is 13.1. The average molecular weight is 276 g/mol. The number of hydrogen-bond acceptors (Lipinski definition) is 4. The Balaban J connectivity index is 3.02. The summed E-state index contributed by atoms with van der Waals surface area (Å²) in [4.78, 5) is 10.5. The van der Waals surface area contributed by atoms with Gasteiger partial charge in [0.1, 0.15) is 5.82 Å². The molecule has 0 saturated carbocycles. The number of halogens is 1. The minimum atomic E-state index is -3.62. The molecule has 0 amide bonds. The van der Waals surface area contributed by atoms with Gasteiger partial charge in [0.2, 0.25) is 0 Å². The van der Waals surface area contributed by atoms with E-state index >= 15 is 0 Å². The number of carbonyl (C=O) groups is 1. The van der Waals surface area contributed by atoms with Gasteiger partial charge in [-0.15, -0.1) is 0 Å². The molecule has 0 saturated heterocycles. The van der Waals surface area contributed by atoms with Crippen molar-refractivity contribution >= 4 is 15.8 Å². The number of rotatable bonds is 6. The van der Waals surface area contributed by atoms with Crippen molar-refractivity contribution in [2.24, 2.45) is 0 Å². The van der Waals surface area contributed by atoms with Crippen molar-refractivity contribution in [2.75, 3.05) is 19.5 Å². The average Bonchev–Trinajstić information content (AvgIpc) is 2.29. The van der Waals surface area contributed by atoms with Crippen LogP contribution in [0.2, 0.25) is 0 Å². The first-order valence-electron chi connectivity index (χ1n) is 5.13. The summed E-state index contributed by atoms with van der Waals surface area (Å²) < 4.78 is 41.5. The summed E-state index contributed by atoms with van der Waals surface area (Å²) in [7, 11) is -2.16. The smallest absolute Gasteiger partial charge is 0.338 e. The monoisotopic (exact) mass is 276 g/mol. The topological polar surface area (TPSA) is 80.7 Å². The number of carboxylic acid groups (broad SMARTS) is 1. The zero-order valence-corrected chi connectivity index (χ0v) is 10.5. The highest BCUT2D eigenvalue weighted by molar-refractivity contribution is 7.91. The Labute approximate surface area is 104 Å². The highest BCUT2D eigenvalue weighted by Gasteiger charge is 2.18. The van der Waals surface area contributed by atoms with Crippen LogP contribution in [0.1, 0.15) is 16.8 Å². The van der Waals surface area contributed by atoms with Gasteiger partial charge < -0.3 is 9.84 Å². The maximum absolute atomic E-state index is 13.1. The predicted molar refractivity (Wildman–Crippen MR) is 61.9 cm³/mol. The van der Waals surface area contributed by atoms with E-state index in [2.05, 4.69) is 0 Å². The zero-order chi connectivity index (χ0) is 13.8. The molecular formula is C11H13FO5S. The van der Waals surface area contributed by atoms with Gasteiger partial charge in [0.25, 0.3) is 0 Å². The van der Waals surface area contributed by atoms with Gasteiger partial charge in [-0.25, -0.2) is 17.6 Å². The Bertz CT molecular complexity index is 538. The molecule has 5 nitrogen and oxygen atoms in total. The summed E-state index contributed by atoms with van der Waals surface area (Å²) in [5, 5.41) is 8.72. The summed E-state index contributed by atoms with van der Waals surface area (Å²) in [6.07, 6.45) is 0.290. The van der Waals surface area contributed by atoms with Crippen LogP contribution in [0.4, 0.5) is 4.39 Å². The molecule has 0 aliphatic carbocycles. The molecule has 1 aromatic carbocycles. The van der Waals surface area contributed by atoms with Gasteiger partial charge in [-0.1, -0.05) is 0 Å². The largest absolute Gasteiger partial charge is 0.478 e. The second-order valence-electron chi connectivity index (χ2n) is 3.61. The lowest BCUT2D eigenvalue weighted by Crippen LogP contribution is -2.11. The molecule has 1 rings (SSSR count). The Morgan fingerprint density at radius 2 is 2.11 bits per heavy atom. The normalized spacial score (nSPS) is 11.4. The third kappa shape index (κ3) is 3.51. The molecule has 100 valence electrons. The van der Waals surface area contributed by atoms with Crippen LogP contribution in [0.25, 0.3) is 0 Å². The van der Waals surface area contributed by atoms with Crippen LogP contribution in [-0.4, -0.2) is 39.0 Å². The van der Waals surface area contributed by atoms with Crippen LogP contribution in [0.15, 0.2) is 23.1 Å². The second-order valence-corrected chi connectivity index (χ2v) is 5.72. The van der Waals surface area contributed by atoms with E-state index in [4.69, 9.17) is 9.84 Å². The van der Waals surface area contributed by atoms with Crippen molar-refractivity contribution in [3.63, 3.8) is 0 Å². The molecule has 0 aliphatic heterocycles. The highest BCUT2D eigenvalue weighted by atomic mass is 32.2. The number of carboxylic acids is 1. The summed E-state index contributed by atoms with van der Waals surface area (Å²) >= 11 is 0. The lowest BCUT2D eigenvalue weighted by molar-refractivity contribution is 0.0691. The number of hydrogen-bond donors (Lipinski definition) is 1. The first-order chi connectivity index (χ1) is 8.38. The fourth-order valence-electron chi connectivity index (χ4n) is 1.37. The fourth-order valence-corrected chi connectivity index (χ4v) is 2.68. The van der Waals surface area contributed by atoms with Gasteiger partial charge in [-0.2, -0.15) is 0 Å². The molecule has 0 heterocycles. The van der Waals surface area contributed by atoms with Crippen LogP contribution in [-0.2, 0) is 14.6 Å². The van der Waals surface area contributed by atoms with E-state index in [9.17, 15) is 17.6 Å². The highest BCUT2D eigenvalue weighted by Crippen LogP contribution is 2.17. The second kappa shape index (κ2) is 5.92. The minimum absolute atomic E-state index is 0.175. The molecule has 18 heavy (non-hydrogen) atoms. The predicted octanol–water partition coefficient (Wildman–Crippen LogP) is 1.33. The first-order valence-corrected chi connectivity index (χ1v) is 6.78. The molecule has 0 aromatic heterocycles. The van der Waals surface area contributed by atoms with Crippen molar-refractivity contribution in [2.45, 2.75) is 11.3 Å². The Kier molecular flexibility index (Phi) is 4.80. The quantitative estimate of drug-likeness (QED) is 0.626. The van der Waals surface area contributed by atoms with E-state index in [0.717, 1.165) is 18.2 Å². The molecular weight excluding hydrogens is 263 g/mol. The molecule has 1 N–H and O–H groups in total. The fraction of sp³-hybridized carbons (Fsp3) is 0.364. The number of aromatic carboxylic acids is 1. The van der Waals surface area contributed by atoms with Gasteiger partial charge in [0.05, 0.1) is 16.2 Å². The number of benzene rings is 1. The van der Waals surface area contributed by atoms with Crippen molar-refractivity contribution in [1.29, 1.82) is 0 Å². The van der Waals surface area contributed by atoms with Crippen LogP contribution in [0, 0.1) is 5.82 Å². The van der Waals surface area contributed by atoms with Gasteiger partial charge in [0.15, 0.2) is 9.84 Å². The van der Waals surface area contributed by atoms with E-state index in [0.29, 0.717) is 6.42 Å². The van der Waals surface area contributed by atoms with Gasteiger partial charge in [-0.3, -0.25) is 0 Å². The minimum Gasteiger partial charge on any atom is -0.478 e. The van der Waals surface area contributed by atoms with Gasteiger partial charge in [0, 0.05) is 13.7 Å². The van der Waals surface area contributed by atoms with Crippen LogP contribution >= 0.6 is 0 Å². The third-order valence-corrected chi connectivity index (χ3v) is 4.09. The van der Waals surface area contributed by atoms with Gasteiger partial charge >= 0.3 is 5.97 Å². The van der Waals surface area contributed by atoms with E-state index in [-0.39, 0.29) is 17.3 Å². The summed E-state index contributed by atoms with van der Waals surface area (Å²) in [5.41, 5.74) is -0.650. The van der Waals surface area contributed by atoms with E-state index in [1.807, 2.05) is 0 Å². The Hall–Kier alpha value is -1.47. The molecule has 0 radical (unpaired) electrons. The van der Waals surface area contributed by atoms with Crippen LogP contribution < -0.4 is 0 Å². The Morgan fingerprint density at radius 1 is 1.44 bits per heavy atom. The van der Waals surface area contributed by atoms with Crippen molar-refractivity contribution < 1.29 is 27.4 Å².